The number of hydrogen-bond acceptors (Lipinski definition) is 6. The molecule has 0 saturated heterocycles. The van der Waals surface area contributed by atoms with Crippen molar-refractivity contribution < 1.29 is 18.9 Å². The van der Waals surface area contributed by atoms with E-state index in [0.717, 1.165) is 22.4 Å². The van der Waals surface area contributed by atoms with Gasteiger partial charge in [-0.25, -0.2) is 4.63 Å². The average molecular weight is 395 g/mol. The molecular weight excluding hydrogens is 370 g/mol. The monoisotopic (exact) mass is 395 g/mol. The van der Waals surface area contributed by atoms with Crippen LogP contribution in [-0.2, 0) is 4.79 Å². The van der Waals surface area contributed by atoms with Gasteiger partial charge in [0.15, 0.2) is 11.8 Å². The maximum atomic E-state index is 12.6. The summed E-state index contributed by atoms with van der Waals surface area (Å²) in [6, 6.07) is 11.3. The van der Waals surface area contributed by atoms with Crippen molar-refractivity contribution in [3.63, 3.8) is 0 Å². The van der Waals surface area contributed by atoms with E-state index in [0.29, 0.717) is 18.1 Å². The molecule has 1 amide bonds. The van der Waals surface area contributed by atoms with Crippen LogP contribution in [0.25, 0.3) is 11.3 Å². The van der Waals surface area contributed by atoms with Crippen molar-refractivity contribution >= 4 is 11.7 Å². The summed E-state index contributed by atoms with van der Waals surface area (Å²) in [6.45, 7) is 10.2. The second kappa shape index (κ2) is 8.77. The van der Waals surface area contributed by atoms with E-state index in [1.165, 1.54) is 5.56 Å². The Morgan fingerprint density at radius 1 is 1.07 bits per heavy atom. The van der Waals surface area contributed by atoms with Gasteiger partial charge in [-0.3, -0.25) is 4.79 Å². The minimum atomic E-state index is -0.719. The van der Waals surface area contributed by atoms with Crippen molar-refractivity contribution in [3.05, 3.63) is 53.1 Å². The number of amides is 1. The number of carbonyl (C=O) groups is 1. The van der Waals surface area contributed by atoms with Crippen LogP contribution < -0.4 is 14.8 Å². The molecule has 0 bridgehead atoms. The molecular formula is C22H25N3O4. The molecule has 0 spiro atoms. The summed E-state index contributed by atoms with van der Waals surface area (Å²) in [5.41, 5.74) is 4.44. The van der Waals surface area contributed by atoms with Crippen molar-refractivity contribution in [2.24, 2.45) is 0 Å². The van der Waals surface area contributed by atoms with Crippen molar-refractivity contribution in [1.29, 1.82) is 0 Å². The molecule has 7 nitrogen and oxygen atoms in total. The Kier molecular flexibility index (Phi) is 6.16. The van der Waals surface area contributed by atoms with Gasteiger partial charge in [0.2, 0.25) is 5.82 Å². The summed E-state index contributed by atoms with van der Waals surface area (Å²) >= 11 is 0. The molecule has 152 valence electrons. The zero-order valence-corrected chi connectivity index (χ0v) is 17.3. The standard InChI is InChI=1S/C22H25N3O4/c1-6-27-19-10-8-17(11-15(19)4)20-21(25-29-24-20)23-22(26)16(5)28-18-9-7-13(2)14(3)12-18/h7-12,16H,6H2,1-5H3,(H,23,25,26)/t16-/m0/s1. The highest BCUT2D eigenvalue weighted by molar-refractivity contribution is 5.96. The maximum absolute atomic E-state index is 12.6. The molecule has 1 N–H and O–H groups in total. The lowest BCUT2D eigenvalue weighted by Crippen LogP contribution is -2.30. The van der Waals surface area contributed by atoms with Gasteiger partial charge in [0.1, 0.15) is 11.5 Å². The van der Waals surface area contributed by atoms with Gasteiger partial charge in [0.25, 0.3) is 5.91 Å². The Hall–Kier alpha value is -3.35. The van der Waals surface area contributed by atoms with E-state index >= 15 is 0 Å². The van der Waals surface area contributed by atoms with E-state index in [9.17, 15) is 4.79 Å². The molecule has 0 fully saturated rings. The van der Waals surface area contributed by atoms with Gasteiger partial charge in [0, 0.05) is 5.56 Å². The number of carbonyl (C=O) groups excluding carboxylic acids is 1. The van der Waals surface area contributed by atoms with E-state index in [-0.39, 0.29) is 11.7 Å². The Bertz CT molecular complexity index is 1010. The fourth-order valence-electron chi connectivity index (χ4n) is 2.84. The Balaban J connectivity index is 1.72. The first kappa shape index (κ1) is 20.4. The van der Waals surface area contributed by atoms with Crippen molar-refractivity contribution in [3.8, 4) is 22.8 Å². The quantitative estimate of drug-likeness (QED) is 0.635. The largest absolute Gasteiger partial charge is 0.494 e. The third-order valence-electron chi connectivity index (χ3n) is 4.64. The summed E-state index contributed by atoms with van der Waals surface area (Å²) in [5.74, 6) is 1.34. The number of nitrogens with zero attached hydrogens (tertiary/aromatic N) is 2. The zero-order chi connectivity index (χ0) is 21.0. The van der Waals surface area contributed by atoms with Crippen LogP contribution >= 0.6 is 0 Å². The lowest BCUT2D eigenvalue weighted by atomic mass is 10.1. The lowest BCUT2D eigenvalue weighted by Gasteiger charge is -2.15. The highest BCUT2D eigenvalue weighted by Crippen LogP contribution is 2.29. The van der Waals surface area contributed by atoms with Gasteiger partial charge in [-0.15, -0.1) is 0 Å². The number of benzene rings is 2. The van der Waals surface area contributed by atoms with Crippen LogP contribution in [0.1, 0.15) is 30.5 Å². The highest BCUT2D eigenvalue weighted by atomic mass is 16.6. The van der Waals surface area contributed by atoms with Crippen LogP contribution in [0.3, 0.4) is 0 Å². The fraction of sp³-hybridized carbons (Fsp3) is 0.318. The molecule has 0 unspecified atom stereocenters. The van der Waals surface area contributed by atoms with Crippen molar-refractivity contribution in [2.75, 3.05) is 11.9 Å². The molecule has 29 heavy (non-hydrogen) atoms. The molecule has 0 aliphatic rings. The number of hydrogen-bond donors (Lipinski definition) is 1. The van der Waals surface area contributed by atoms with Gasteiger partial charge < -0.3 is 14.8 Å². The minimum absolute atomic E-state index is 0.245. The predicted octanol–water partition coefficient (Wildman–Crippen LogP) is 4.47. The number of rotatable bonds is 7. The normalized spacial score (nSPS) is 11.8. The Labute approximate surface area is 170 Å². The molecule has 0 saturated carbocycles. The maximum Gasteiger partial charge on any atom is 0.266 e. The molecule has 1 aromatic heterocycles. The zero-order valence-electron chi connectivity index (χ0n) is 17.3. The van der Waals surface area contributed by atoms with Gasteiger partial charge in [-0.05, 0) is 92.0 Å². The van der Waals surface area contributed by atoms with Crippen LogP contribution in [0.2, 0.25) is 0 Å². The highest BCUT2D eigenvalue weighted by Gasteiger charge is 2.21. The third-order valence-corrected chi connectivity index (χ3v) is 4.64. The topological polar surface area (TPSA) is 86.5 Å². The summed E-state index contributed by atoms with van der Waals surface area (Å²) in [4.78, 5) is 12.6. The van der Waals surface area contributed by atoms with Crippen molar-refractivity contribution in [2.45, 2.75) is 40.7 Å². The van der Waals surface area contributed by atoms with E-state index in [2.05, 4.69) is 15.6 Å². The summed E-state index contributed by atoms with van der Waals surface area (Å²) in [7, 11) is 0. The number of aromatic nitrogens is 2. The second-order valence-electron chi connectivity index (χ2n) is 6.87. The minimum Gasteiger partial charge on any atom is -0.494 e. The first-order valence-electron chi connectivity index (χ1n) is 9.50. The third kappa shape index (κ3) is 4.74. The molecule has 1 atom stereocenters. The molecule has 3 aromatic rings. The van der Waals surface area contributed by atoms with Gasteiger partial charge >= 0.3 is 0 Å². The number of nitrogens with one attached hydrogen (secondary N) is 1. The molecule has 0 aliphatic heterocycles. The second-order valence-corrected chi connectivity index (χ2v) is 6.87. The smallest absolute Gasteiger partial charge is 0.266 e. The molecule has 3 rings (SSSR count). The predicted molar refractivity (Wildman–Crippen MR) is 110 cm³/mol. The SMILES string of the molecule is CCOc1ccc(-c2nonc2NC(=O)[C@H](C)Oc2ccc(C)c(C)c2)cc1C. The van der Waals surface area contributed by atoms with Crippen LogP contribution in [0.5, 0.6) is 11.5 Å². The van der Waals surface area contributed by atoms with Crippen LogP contribution in [-0.4, -0.2) is 28.9 Å². The summed E-state index contributed by atoms with van der Waals surface area (Å²) in [5, 5.41) is 10.5. The first-order chi connectivity index (χ1) is 13.9. The lowest BCUT2D eigenvalue weighted by molar-refractivity contribution is -0.122. The van der Waals surface area contributed by atoms with E-state index in [1.807, 2.05) is 64.1 Å². The van der Waals surface area contributed by atoms with E-state index in [1.54, 1.807) is 6.92 Å². The summed E-state index contributed by atoms with van der Waals surface area (Å²) < 4.78 is 16.2. The van der Waals surface area contributed by atoms with Gasteiger partial charge in [-0.2, -0.15) is 0 Å². The Morgan fingerprint density at radius 3 is 2.55 bits per heavy atom. The summed E-state index contributed by atoms with van der Waals surface area (Å²) in [6.07, 6.45) is -0.719. The Morgan fingerprint density at radius 2 is 1.86 bits per heavy atom. The molecule has 7 heteroatoms. The van der Waals surface area contributed by atoms with Crippen molar-refractivity contribution in [1.82, 2.24) is 10.3 Å². The van der Waals surface area contributed by atoms with Crippen LogP contribution in [0.15, 0.2) is 41.0 Å². The van der Waals surface area contributed by atoms with Gasteiger partial charge in [0.05, 0.1) is 6.61 Å². The molecule has 2 aromatic carbocycles. The van der Waals surface area contributed by atoms with Crippen LogP contribution in [0.4, 0.5) is 5.82 Å². The molecule has 0 radical (unpaired) electrons. The average Bonchev–Trinajstić information content (AvgIpc) is 3.14. The number of anilines is 1. The fourth-order valence-corrected chi connectivity index (χ4v) is 2.84. The van der Waals surface area contributed by atoms with Crippen LogP contribution in [0, 0.1) is 20.8 Å². The first-order valence-corrected chi connectivity index (χ1v) is 9.50. The van der Waals surface area contributed by atoms with E-state index < -0.39 is 6.10 Å². The van der Waals surface area contributed by atoms with E-state index in [4.69, 9.17) is 14.1 Å². The molecule has 1 heterocycles. The molecule has 0 aliphatic carbocycles. The van der Waals surface area contributed by atoms with Gasteiger partial charge in [-0.1, -0.05) is 6.07 Å². The number of ether oxygens (including phenoxy) is 2. The number of aryl methyl sites for hydroxylation is 3.